The van der Waals surface area contributed by atoms with Gasteiger partial charge in [-0.15, -0.1) is 0 Å². The average molecular weight is 429 g/mol. The lowest BCUT2D eigenvalue weighted by molar-refractivity contribution is -0.152. The van der Waals surface area contributed by atoms with E-state index in [0.717, 1.165) is 5.56 Å². The third-order valence-corrected chi connectivity index (χ3v) is 5.79. The van der Waals surface area contributed by atoms with Gasteiger partial charge in [0, 0.05) is 12.2 Å². The zero-order chi connectivity index (χ0) is 22.3. The molecule has 158 valence electrons. The van der Waals surface area contributed by atoms with E-state index in [-0.39, 0.29) is 17.9 Å². The summed E-state index contributed by atoms with van der Waals surface area (Å²) in [6.45, 7) is 4.72. The van der Waals surface area contributed by atoms with Crippen LogP contribution < -0.4 is 10.0 Å². The van der Waals surface area contributed by atoms with Gasteiger partial charge < -0.3 is 10.1 Å². The van der Waals surface area contributed by atoms with Crippen molar-refractivity contribution >= 4 is 27.6 Å². The molecule has 2 N–H and O–H groups in total. The van der Waals surface area contributed by atoms with E-state index in [9.17, 15) is 18.0 Å². The number of hydrogen-bond donors (Lipinski definition) is 2. The summed E-state index contributed by atoms with van der Waals surface area (Å²) in [6.07, 6.45) is -1.31. The molecule has 0 unspecified atom stereocenters. The number of rotatable bonds is 8. The number of sulfonamides is 1. The Bertz CT molecular complexity index is 1090. The van der Waals surface area contributed by atoms with E-state index in [1.54, 1.807) is 44.2 Å². The minimum atomic E-state index is -3.76. The van der Waals surface area contributed by atoms with Crippen molar-refractivity contribution in [1.82, 2.24) is 4.72 Å². The number of ether oxygens (including phenoxy) is 1. The molecule has 0 heterocycles. The summed E-state index contributed by atoms with van der Waals surface area (Å²) in [6, 6.07) is 13.4. The zero-order valence-electron chi connectivity index (χ0n) is 16.9. The van der Waals surface area contributed by atoms with Crippen LogP contribution in [0, 0.1) is 25.2 Å². The Morgan fingerprint density at radius 2 is 1.90 bits per heavy atom. The molecule has 2 aromatic rings. The molecule has 0 aliphatic rings. The highest BCUT2D eigenvalue weighted by Gasteiger charge is 2.20. The zero-order valence-corrected chi connectivity index (χ0v) is 17.7. The first-order valence-corrected chi connectivity index (χ1v) is 10.7. The van der Waals surface area contributed by atoms with E-state index in [0.29, 0.717) is 16.8 Å². The van der Waals surface area contributed by atoms with Crippen LogP contribution in [0.15, 0.2) is 47.4 Å². The first-order chi connectivity index (χ1) is 14.1. The number of nitrogens with zero attached hydrogens (tertiary/aromatic N) is 1. The van der Waals surface area contributed by atoms with Gasteiger partial charge in [-0.3, -0.25) is 9.59 Å². The minimum Gasteiger partial charge on any atom is -0.452 e. The topological polar surface area (TPSA) is 125 Å². The summed E-state index contributed by atoms with van der Waals surface area (Å²) in [4.78, 5) is 24.3. The van der Waals surface area contributed by atoms with Crippen LogP contribution in [-0.4, -0.2) is 32.9 Å². The fourth-order valence-electron chi connectivity index (χ4n) is 2.58. The first-order valence-electron chi connectivity index (χ1n) is 9.20. The largest absolute Gasteiger partial charge is 0.452 e. The molecule has 9 heteroatoms. The van der Waals surface area contributed by atoms with Crippen molar-refractivity contribution < 1.29 is 22.7 Å². The summed E-state index contributed by atoms with van der Waals surface area (Å²) >= 11 is 0. The summed E-state index contributed by atoms with van der Waals surface area (Å²) < 4.78 is 32.3. The van der Waals surface area contributed by atoms with E-state index >= 15 is 0 Å². The molecule has 0 saturated heterocycles. The molecule has 8 nitrogen and oxygen atoms in total. The van der Waals surface area contributed by atoms with Gasteiger partial charge >= 0.3 is 5.97 Å². The molecule has 1 amide bonds. The number of carbonyl (C=O) groups excluding carboxylic acids is 2. The first kappa shape index (κ1) is 23.1. The number of esters is 1. The number of aryl methyl sites for hydroxylation is 2. The smallest absolute Gasteiger partial charge is 0.307 e. The molecule has 0 fully saturated rings. The van der Waals surface area contributed by atoms with Crippen molar-refractivity contribution in [3.63, 3.8) is 0 Å². The van der Waals surface area contributed by atoms with Gasteiger partial charge in [-0.25, -0.2) is 13.1 Å². The van der Waals surface area contributed by atoms with Crippen LogP contribution in [0.4, 0.5) is 5.69 Å². The number of nitriles is 1. The molecule has 0 aromatic heterocycles. The van der Waals surface area contributed by atoms with Crippen molar-refractivity contribution in [3.8, 4) is 6.07 Å². The summed E-state index contributed by atoms with van der Waals surface area (Å²) in [5.41, 5.74) is 2.19. The molecule has 0 radical (unpaired) electrons. The molecule has 0 aliphatic heterocycles. The highest BCUT2D eigenvalue weighted by atomic mass is 32.2. The van der Waals surface area contributed by atoms with E-state index in [2.05, 4.69) is 10.0 Å². The van der Waals surface area contributed by atoms with Crippen LogP contribution >= 0.6 is 0 Å². The van der Waals surface area contributed by atoms with Gasteiger partial charge in [0.15, 0.2) is 6.10 Å². The van der Waals surface area contributed by atoms with E-state index in [4.69, 9.17) is 10.00 Å². The standard InChI is InChI=1S/C21H23N3O5S/c1-14-7-8-15(2)19(11-14)30(27,28)23-10-9-20(25)29-16(3)21(26)24-18-6-4-5-17(12-18)13-22/h4-8,11-12,16,23H,9-10H2,1-3H3,(H,24,26)/t16-/m0/s1. The molecule has 0 saturated carbocycles. The Kier molecular flexibility index (Phi) is 7.69. The molecule has 30 heavy (non-hydrogen) atoms. The third kappa shape index (κ3) is 6.40. The molecule has 2 rings (SSSR count). The fraction of sp³-hybridized carbons (Fsp3) is 0.286. The lowest BCUT2D eigenvalue weighted by Crippen LogP contribution is -2.32. The number of anilines is 1. The van der Waals surface area contributed by atoms with Crippen molar-refractivity contribution in [3.05, 3.63) is 59.2 Å². The molecular weight excluding hydrogens is 406 g/mol. The van der Waals surface area contributed by atoms with Crippen molar-refractivity contribution in [2.24, 2.45) is 0 Å². The van der Waals surface area contributed by atoms with Gasteiger partial charge in [0.2, 0.25) is 10.0 Å². The lowest BCUT2D eigenvalue weighted by atomic mass is 10.2. The lowest BCUT2D eigenvalue weighted by Gasteiger charge is -2.14. The molecular formula is C21H23N3O5S. The molecule has 0 bridgehead atoms. The van der Waals surface area contributed by atoms with Crippen LogP contribution in [-0.2, 0) is 24.3 Å². The van der Waals surface area contributed by atoms with Crippen LogP contribution in [0.25, 0.3) is 0 Å². The van der Waals surface area contributed by atoms with Crippen molar-refractivity contribution in [2.45, 2.75) is 38.2 Å². The van der Waals surface area contributed by atoms with Gasteiger partial charge in [-0.2, -0.15) is 5.26 Å². The number of benzene rings is 2. The predicted octanol–water partition coefficient (Wildman–Crippen LogP) is 2.41. The van der Waals surface area contributed by atoms with Crippen molar-refractivity contribution in [1.29, 1.82) is 5.26 Å². The van der Waals surface area contributed by atoms with Gasteiger partial charge in [0.1, 0.15) is 0 Å². The Balaban J connectivity index is 1.85. The Labute approximate surface area is 175 Å². The number of carbonyl (C=O) groups is 2. The van der Waals surface area contributed by atoms with Crippen LogP contribution in [0.3, 0.4) is 0 Å². The summed E-state index contributed by atoms with van der Waals surface area (Å²) in [5, 5.41) is 11.4. The normalized spacial score (nSPS) is 11.9. The second-order valence-corrected chi connectivity index (χ2v) is 8.47. The number of hydrogen-bond acceptors (Lipinski definition) is 6. The van der Waals surface area contributed by atoms with Crippen LogP contribution in [0.2, 0.25) is 0 Å². The molecule has 0 aliphatic carbocycles. The van der Waals surface area contributed by atoms with Gasteiger partial charge in [0.25, 0.3) is 5.91 Å². The Morgan fingerprint density at radius 3 is 2.60 bits per heavy atom. The Morgan fingerprint density at radius 1 is 1.17 bits per heavy atom. The summed E-state index contributed by atoms with van der Waals surface area (Å²) in [7, 11) is -3.76. The van der Waals surface area contributed by atoms with Gasteiger partial charge in [0.05, 0.1) is 22.9 Å². The number of nitrogens with one attached hydrogen (secondary N) is 2. The van der Waals surface area contributed by atoms with Gasteiger partial charge in [-0.1, -0.05) is 18.2 Å². The molecule has 1 atom stereocenters. The Hall–Kier alpha value is -3.22. The van der Waals surface area contributed by atoms with Crippen LogP contribution in [0.1, 0.15) is 30.0 Å². The third-order valence-electron chi connectivity index (χ3n) is 4.19. The maximum atomic E-state index is 12.4. The number of amides is 1. The maximum absolute atomic E-state index is 12.4. The van der Waals surface area contributed by atoms with E-state index < -0.39 is 28.0 Å². The monoisotopic (exact) mass is 429 g/mol. The van der Waals surface area contributed by atoms with E-state index in [1.807, 2.05) is 12.1 Å². The average Bonchev–Trinajstić information content (AvgIpc) is 2.69. The van der Waals surface area contributed by atoms with Crippen LogP contribution in [0.5, 0.6) is 0 Å². The SMILES string of the molecule is Cc1ccc(C)c(S(=O)(=O)NCCC(=O)O[C@@H](C)C(=O)Nc2cccc(C#N)c2)c1. The molecule has 0 spiro atoms. The highest BCUT2D eigenvalue weighted by molar-refractivity contribution is 7.89. The van der Waals surface area contributed by atoms with Gasteiger partial charge in [-0.05, 0) is 56.2 Å². The predicted molar refractivity (Wildman–Crippen MR) is 111 cm³/mol. The molecule has 2 aromatic carbocycles. The summed E-state index contributed by atoms with van der Waals surface area (Å²) in [5.74, 6) is -1.28. The second-order valence-electron chi connectivity index (χ2n) is 6.73. The fourth-order valence-corrected chi connectivity index (χ4v) is 3.94. The quantitative estimate of drug-likeness (QED) is 0.621. The van der Waals surface area contributed by atoms with E-state index in [1.165, 1.54) is 13.0 Å². The minimum absolute atomic E-state index is 0.156. The highest BCUT2D eigenvalue weighted by Crippen LogP contribution is 2.16. The van der Waals surface area contributed by atoms with Crippen molar-refractivity contribution in [2.75, 3.05) is 11.9 Å². The maximum Gasteiger partial charge on any atom is 0.307 e. The second kappa shape index (κ2) is 10.0.